The SMILES string of the molecule is OC1Cn2nnc(-c3ccccc3)c2-c2cc3cc(Cl)ccc3n2C1. The van der Waals surface area contributed by atoms with Crippen molar-refractivity contribution in [3.63, 3.8) is 0 Å². The van der Waals surface area contributed by atoms with Gasteiger partial charge in [0.25, 0.3) is 0 Å². The van der Waals surface area contributed by atoms with Gasteiger partial charge in [0, 0.05) is 21.5 Å². The topological polar surface area (TPSA) is 55.9 Å². The number of benzene rings is 2. The average molecular weight is 351 g/mol. The van der Waals surface area contributed by atoms with Crippen LogP contribution in [0, 0.1) is 0 Å². The highest BCUT2D eigenvalue weighted by molar-refractivity contribution is 6.31. The number of hydrogen-bond donors (Lipinski definition) is 1. The quantitative estimate of drug-likeness (QED) is 0.570. The Hall–Kier alpha value is -2.63. The largest absolute Gasteiger partial charge is 0.389 e. The highest BCUT2D eigenvalue weighted by Gasteiger charge is 2.26. The number of hydrogen-bond acceptors (Lipinski definition) is 3. The van der Waals surface area contributed by atoms with E-state index in [2.05, 4.69) is 20.9 Å². The number of rotatable bonds is 1. The number of nitrogens with zero attached hydrogens (tertiary/aromatic N) is 4. The maximum Gasteiger partial charge on any atom is 0.122 e. The van der Waals surface area contributed by atoms with Crippen molar-refractivity contribution in [3.05, 3.63) is 59.6 Å². The third kappa shape index (κ3) is 2.27. The van der Waals surface area contributed by atoms with E-state index in [1.165, 1.54) is 0 Å². The van der Waals surface area contributed by atoms with Gasteiger partial charge in [0.2, 0.25) is 0 Å². The fraction of sp³-hybridized carbons (Fsp3) is 0.158. The number of halogens is 1. The van der Waals surface area contributed by atoms with Crippen LogP contribution in [0.1, 0.15) is 0 Å². The lowest BCUT2D eigenvalue weighted by molar-refractivity contribution is 0.135. The molecular weight excluding hydrogens is 336 g/mol. The number of fused-ring (bicyclic) bond motifs is 5. The summed E-state index contributed by atoms with van der Waals surface area (Å²) in [4.78, 5) is 0. The Labute approximate surface area is 149 Å². The second-order valence-corrected chi connectivity index (χ2v) is 6.77. The van der Waals surface area contributed by atoms with E-state index in [4.69, 9.17) is 11.6 Å². The third-order valence-electron chi connectivity index (χ3n) is 4.67. The van der Waals surface area contributed by atoms with Crippen molar-refractivity contribution in [2.75, 3.05) is 0 Å². The van der Waals surface area contributed by atoms with Crippen molar-refractivity contribution in [1.82, 2.24) is 19.6 Å². The maximum absolute atomic E-state index is 10.5. The zero-order valence-electron chi connectivity index (χ0n) is 13.3. The minimum absolute atomic E-state index is 0.423. The summed E-state index contributed by atoms with van der Waals surface area (Å²) in [6.07, 6.45) is -0.531. The van der Waals surface area contributed by atoms with E-state index in [1.54, 1.807) is 4.68 Å². The Morgan fingerprint density at radius 3 is 2.72 bits per heavy atom. The van der Waals surface area contributed by atoms with Crippen LogP contribution < -0.4 is 0 Å². The highest BCUT2D eigenvalue weighted by Crippen LogP contribution is 2.36. The van der Waals surface area contributed by atoms with Crippen LogP contribution in [0.15, 0.2) is 54.6 Å². The van der Waals surface area contributed by atoms with Crippen LogP contribution in [0.3, 0.4) is 0 Å². The molecule has 5 rings (SSSR count). The first-order valence-electron chi connectivity index (χ1n) is 8.17. The van der Waals surface area contributed by atoms with E-state index in [0.29, 0.717) is 18.1 Å². The minimum atomic E-state index is -0.531. The Balaban J connectivity index is 1.83. The fourth-order valence-electron chi connectivity index (χ4n) is 3.59. The molecule has 1 unspecified atom stereocenters. The molecule has 0 spiro atoms. The van der Waals surface area contributed by atoms with Crippen LogP contribution in [-0.2, 0) is 13.1 Å². The molecule has 124 valence electrons. The van der Waals surface area contributed by atoms with Crippen molar-refractivity contribution in [1.29, 1.82) is 0 Å². The normalized spacial score (nSPS) is 16.5. The van der Waals surface area contributed by atoms with Gasteiger partial charge < -0.3 is 9.67 Å². The second-order valence-electron chi connectivity index (χ2n) is 6.33. The van der Waals surface area contributed by atoms with Gasteiger partial charge in [0.15, 0.2) is 0 Å². The number of aliphatic hydroxyl groups excluding tert-OH is 1. The highest BCUT2D eigenvalue weighted by atomic mass is 35.5. The molecule has 0 aliphatic carbocycles. The minimum Gasteiger partial charge on any atom is -0.389 e. The average Bonchev–Trinajstić information content (AvgIpc) is 3.13. The van der Waals surface area contributed by atoms with Gasteiger partial charge in [0.1, 0.15) is 11.4 Å². The smallest absolute Gasteiger partial charge is 0.122 e. The summed E-state index contributed by atoms with van der Waals surface area (Å²) in [7, 11) is 0. The summed E-state index contributed by atoms with van der Waals surface area (Å²) in [5.74, 6) is 0. The van der Waals surface area contributed by atoms with Gasteiger partial charge in [-0.05, 0) is 24.3 Å². The molecule has 0 saturated carbocycles. The van der Waals surface area contributed by atoms with E-state index < -0.39 is 6.10 Å². The zero-order valence-corrected chi connectivity index (χ0v) is 14.1. The lowest BCUT2D eigenvalue weighted by Crippen LogP contribution is -2.20. The van der Waals surface area contributed by atoms with E-state index >= 15 is 0 Å². The van der Waals surface area contributed by atoms with Crippen molar-refractivity contribution in [2.45, 2.75) is 19.2 Å². The lowest BCUT2D eigenvalue weighted by atomic mass is 10.1. The fourth-order valence-corrected chi connectivity index (χ4v) is 3.77. The van der Waals surface area contributed by atoms with E-state index in [9.17, 15) is 5.11 Å². The summed E-state index contributed by atoms with van der Waals surface area (Å²) in [6, 6.07) is 17.9. The Bertz CT molecular complexity index is 1080. The molecule has 0 bridgehead atoms. The van der Waals surface area contributed by atoms with Gasteiger partial charge in [-0.15, -0.1) is 5.10 Å². The van der Waals surface area contributed by atoms with Gasteiger partial charge in [-0.1, -0.05) is 47.1 Å². The zero-order chi connectivity index (χ0) is 17.0. The molecule has 2 aromatic heterocycles. The van der Waals surface area contributed by atoms with Gasteiger partial charge in [-0.3, -0.25) is 0 Å². The van der Waals surface area contributed by atoms with Crippen molar-refractivity contribution in [3.8, 4) is 22.6 Å². The van der Waals surface area contributed by atoms with Crippen LogP contribution >= 0.6 is 11.6 Å². The van der Waals surface area contributed by atoms with Crippen molar-refractivity contribution in [2.24, 2.45) is 0 Å². The van der Waals surface area contributed by atoms with Crippen LogP contribution in [0.5, 0.6) is 0 Å². The monoisotopic (exact) mass is 350 g/mol. The Kier molecular flexibility index (Phi) is 3.20. The molecule has 5 nitrogen and oxygen atoms in total. The summed E-state index contributed by atoms with van der Waals surface area (Å²) in [6.45, 7) is 0.935. The summed E-state index contributed by atoms with van der Waals surface area (Å²) < 4.78 is 3.93. The summed E-state index contributed by atoms with van der Waals surface area (Å²) in [5.41, 5.74) is 4.81. The standard InChI is InChI=1S/C19H15ClN4O/c20-14-6-7-16-13(8-14)9-17-19-18(12-4-2-1-3-5-12)21-22-24(19)11-15(25)10-23(16)17/h1-9,15,25H,10-11H2. The van der Waals surface area contributed by atoms with E-state index in [1.807, 2.05) is 48.5 Å². The second kappa shape index (κ2) is 5.44. The van der Waals surface area contributed by atoms with Crippen LogP contribution in [0.25, 0.3) is 33.5 Å². The molecule has 1 aliphatic rings. The molecule has 1 atom stereocenters. The predicted molar refractivity (Wildman–Crippen MR) is 97.4 cm³/mol. The molecule has 3 heterocycles. The third-order valence-corrected chi connectivity index (χ3v) is 4.90. The molecule has 1 aliphatic heterocycles. The maximum atomic E-state index is 10.5. The van der Waals surface area contributed by atoms with Gasteiger partial charge in [-0.25, -0.2) is 4.68 Å². The molecular formula is C19H15ClN4O. The van der Waals surface area contributed by atoms with E-state index in [0.717, 1.165) is 33.5 Å². The number of aromatic nitrogens is 4. The lowest BCUT2D eigenvalue weighted by Gasteiger charge is -2.10. The molecule has 1 N–H and O–H groups in total. The molecule has 6 heteroatoms. The molecule has 0 radical (unpaired) electrons. The van der Waals surface area contributed by atoms with Crippen LogP contribution in [0.4, 0.5) is 0 Å². The summed E-state index contributed by atoms with van der Waals surface area (Å²) >= 11 is 6.16. The van der Waals surface area contributed by atoms with Crippen LogP contribution in [0.2, 0.25) is 5.02 Å². The number of aliphatic hydroxyl groups is 1. The molecule has 25 heavy (non-hydrogen) atoms. The van der Waals surface area contributed by atoms with Crippen molar-refractivity contribution < 1.29 is 5.11 Å². The van der Waals surface area contributed by atoms with Gasteiger partial charge in [-0.2, -0.15) is 0 Å². The van der Waals surface area contributed by atoms with Gasteiger partial charge >= 0.3 is 0 Å². The molecule has 4 aromatic rings. The summed E-state index contributed by atoms with van der Waals surface area (Å²) in [5, 5.41) is 20.9. The van der Waals surface area contributed by atoms with Crippen LogP contribution in [-0.4, -0.2) is 30.8 Å². The van der Waals surface area contributed by atoms with Crippen molar-refractivity contribution >= 4 is 22.5 Å². The first-order chi connectivity index (χ1) is 12.2. The molecule has 2 aromatic carbocycles. The Morgan fingerprint density at radius 1 is 1.04 bits per heavy atom. The molecule has 0 fully saturated rings. The van der Waals surface area contributed by atoms with E-state index in [-0.39, 0.29) is 0 Å². The predicted octanol–water partition coefficient (Wildman–Crippen LogP) is 3.59. The van der Waals surface area contributed by atoms with Gasteiger partial charge in [0.05, 0.1) is 24.9 Å². The molecule has 0 saturated heterocycles. The first-order valence-corrected chi connectivity index (χ1v) is 8.54. The Morgan fingerprint density at radius 2 is 1.88 bits per heavy atom. The first kappa shape index (κ1) is 14.7. The molecule has 0 amide bonds.